The molecule has 4 nitrogen and oxygen atoms in total. The summed E-state index contributed by atoms with van der Waals surface area (Å²) in [6.45, 7) is 1.58. The lowest BCUT2D eigenvalue weighted by Crippen LogP contribution is -2.16. The standard InChI is InChI=1S/C16H12N2O2S/c1-16(17-11-19,18-12-20)14-9-5-6-10-15(14)21-13-7-3-2-4-8-13/h2-10H,1H3. The molecule has 0 aromatic heterocycles. The molecular formula is C16H12N2O2S. The largest absolute Gasteiger partial charge is 0.237 e. The van der Waals surface area contributed by atoms with Gasteiger partial charge < -0.3 is 0 Å². The van der Waals surface area contributed by atoms with Crippen molar-refractivity contribution in [3.63, 3.8) is 0 Å². The minimum Gasteiger partial charge on any atom is -0.211 e. The number of benzene rings is 2. The van der Waals surface area contributed by atoms with Crippen LogP contribution in [-0.4, -0.2) is 12.2 Å². The van der Waals surface area contributed by atoms with Crippen molar-refractivity contribution in [3.05, 3.63) is 60.2 Å². The van der Waals surface area contributed by atoms with E-state index in [1.54, 1.807) is 13.0 Å². The van der Waals surface area contributed by atoms with Gasteiger partial charge in [0.15, 0.2) is 5.66 Å². The average Bonchev–Trinajstić information content (AvgIpc) is 2.49. The van der Waals surface area contributed by atoms with E-state index < -0.39 is 5.66 Å². The molecule has 0 amide bonds. The van der Waals surface area contributed by atoms with Crippen LogP contribution in [0, 0.1) is 0 Å². The fourth-order valence-electron chi connectivity index (χ4n) is 1.89. The predicted molar refractivity (Wildman–Crippen MR) is 80.6 cm³/mol. The van der Waals surface area contributed by atoms with Gasteiger partial charge in [0, 0.05) is 15.4 Å². The van der Waals surface area contributed by atoms with Crippen molar-refractivity contribution in [2.75, 3.05) is 0 Å². The van der Waals surface area contributed by atoms with Crippen LogP contribution in [0.4, 0.5) is 0 Å². The molecule has 0 radical (unpaired) electrons. The second-order valence-electron chi connectivity index (χ2n) is 4.34. The van der Waals surface area contributed by atoms with Gasteiger partial charge in [-0.15, -0.1) is 0 Å². The van der Waals surface area contributed by atoms with Crippen molar-refractivity contribution >= 4 is 23.9 Å². The van der Waals surface area contributed by atoms with Crippen LogP contribution in [0.25, 0.3) is 0 Å². The van der Waals surface area contributed by atoms with Crippen LogP contribution in [0.1, 0.15) is 12.5 Å². The number of hydrogen-bond acceptors (Lipinski definition) is 5. The Balaban J connectivity index is 2.50. The highest BCUT2D eigenvalue weighted by atomic mass is 32.2. The maximum atomic E-state index is 10.6. The Labute approximate surface area is 126 Å². The summed E-state index contributed by atoms with van der Waals surface area (Å²) in [7, 11) is 0. The fourth-order valence-corrected chi connectivity index (χ4v) is 2.95. The molecular weight excluding hydrogens is 284 g/mol. The van der Waals surface area contributed by atoms with E-state index in [1.807, 2.05) is 48.5 Å². The zero-order valence-corrected chi connectivity index (χ0v) is 12.1. The van der Waals surface area contributed by atoms with Crippen LogP contribution < -0.4 is 0 Å². The lowest BCUT2D eigenvalue weighted by Gasteiger charge is -2.20. The number of aliphatic imine (C=N–C) groups is 2. The van der Waals surface area contributed by atoms with Crippen molar-refractivity contribution < 1.29 is 9.59 Å². The zero-order valence-electron chi connectivity index (χ0n) is 11.3. The van der Waals surface area contributed by atoms with Crippen molar-refractivity contribution in [2.45, 2.75) is 22.4 Å². The Hall–Kier alpha value is -2.45. The minimum atomic E-state index is -1.30. The Morgan fingerprint density at radius 2 is 1.48 bits per heavy atom. The summed E-state index contributed by atoms with van der Waals surface area (Å²) in [5.41, 5.74) is -0.646. The Bertz CT molecular complexity index is 700. The molecule has 0 saturated heterocycles. The second-order valence-corrected chi connectivity index (χ2v) is 5.45. The highest BCUT2D eigenvalue weighted by molar-refractivity contribution is 7.99. The number of hydrogen-bond donors (Lipinski definition) is 0. The molecule has 21 heavy (non-hydrogen) atoms. The SMILES string of the molecule is CC(N=C=O)(N=C=O)c1ccccc1Sc1ccccc1. The van der Waals surface area contributed by atoms with Crippen LogP contribution in [0.2, 0.25) is 0 Å². The molecule has 0 aliphatic heterocycles. The van der Waals surface area contributed by atoms with Crippen molar-refractivity contribution in [3.8, 4) is 0 Å². The van der Waals surface area contributed by atoms with Gasteiger partial charge in [0.05, 0.1) is 0 Å². The molecule has 2 rings (SSSR count). The molecule has 0 aliphatic carbocycles. The van der Waals surface area contributed by atoms with E-state index in [2.05, 4.69) is 9.98 Å². The quantitative estimate of drug-likeness (QED) is 0.624. The zero-order chi connectivity index (χ0) is 15.1. The van der Waals surface area contributed by atoms with Crippen LogP contribution in [-0.2, 0) is 15.3 Å². The highest BCUT2D eigenvalue weighted by Gasteiger charge is 2.28. The van der Waals surface area contributed by atoms with E-state index in [-0.39, 0.29) is 0 Å². The van der Waals surface area contributed by atoms with Gasteiger partial charge in [-0.2, -0.15) is 9.98 Å². The smallest absolute Gasteiger partial charge is 0.211 e. The maximum Gasteiger partial charge on any atom is 0.237 e. The summed E-state index contributed by atoms with van der Waals surface area (Å²) in [5.74, 6) is 0. The molecule has 0 spiro atoms. The third-order valence-electron chi connectivity index (χ3n) is 2.90. The third kappa shape index (κ3) is 3.56. The molecule has 0 N–H and O–H groups in total. The van der Waals surface area contributed by atoms with Crippen molar-refractivity contribution in [2.24, 2.45) is 9.98 Å². The number of isocyanates is 2. The van der Waals surface area contributed by atoms with E-state index >= 15 is 0 Å². The molecule has 0 unspecified atom stereocenters. The first-order chi connectivity index (χ1) is 10.2. The number of nitrogens with zero attached hydrogens (tertiary/aromatic N) is 2. The molecule has 0 saturated carbocycles. The molecule has 104 valence electrons. The van der Waals surface area contributed by atoms with Gasteiger partial charge in [0.1, 0.15) is 0 Å². The average molecular weight is 296 g/mol. The minimum absolute atomic E-state index is 0.658. The molecule has 0 fully saturated rings. The Kier molecular flexibility index (Phi) is 4.85. The van der Waals surface area contributed by atoms with Crippen molar-refractivity contribution in [1.29, 1.82) is 0 Å². The summed E-state index contributed by atoms with van der Waals surface area (Å²) in [6, 6.07) is 17.1. The van der Waals surface area contributed by atoms with Gasteiger partial charge in [-0.1, -0.05) is 48.2 Å². The van der Waals surface area contributed by atoms with Gasteiger partial charge in [0.2, 0.25) is 12.2 Å². The number of carbonyl (C=O) groups excluding carboxylic acids is 2. The first-order valence-electron chi connectivity index (χ1n) is 6.20. The molecule has 0 bridgehead atoms. The Morgan fingerprint density at radius 1 is 0.905 bits per heavy atom. The molecule has 2 aromatic carbocycles. The monoisotopic (exact) mass is 296 g/mol. The fraction of sp³-hybridized carbons (Fsp3) is 0.125. The summed E-state index contributed by atoms with van der Waals surface area (Å²) in [6.07, 6.45) is 2.95. The van der Waals surface area contributed by atoms with Gasteiger partial charge in [-0.05, 0) is 25.1 Å². The molecule has 0 heterocycles. The van der Waals surface area contributed by atoms with E-state index in [1.165, 1.54) is 23.9 Å². The van der Waals surface area contributed by atoms with Crippen LogP contribution in [0.3, 0.4) is 0 Å². The molecule has 0 atom stereocenters. The highest BCUT2D eigenvalue weighted by Crippen LogP contribution is 2.37. The summed E-state index contributed by atoms with van der Waals surface area (Å²) < 4.78 is 0. The number of rotatable bonds is 5. The van der Waals surface area contributed by atoms with Crippen LogP contribution >= 0.6 is 11.8 Å². The Morgan fingerprint density at radius 3 is 2.10 bits per heavy atom. The first-order valence-corrected chi connectivity index (χ1v) is 7.02. The van der Waals surface area contributed by atoms with Crippen LogP contribution in [0.5, 0.6) is 0 Å². The second kappa shape index (κ2) is 6.82. The molecule has 2 aromatic rings. The van der Waals surface area contributed by atoms with E-state index in [0.29, 0.717) is 5.56 Å². The van der Waals surface area contributed by atoms with Crippen molar-refractivity contribution in [1.82, 2.24) is 0 Å². The van der Waals surface area contributed by atoms with Gasteiger partial charge in [-0.3, -0.25) is 0 Å². The summed E-state index contributed by atoms with van der Waals surface area (Å²) >= 11 is 1.51. The van der Waals surface area contributed by atoms with Crippen LogP contribution in [0.15, 0.2) is 74.4 Å². The summed E-state index contributed by atoms with van der Waals surface area (Å²) in [5, 5.41) is 0. The normalized spacial score (nSPS) is 12.6. The van der Waals surface area contributed by atoms with E-state index in [0.717, 1.165) is 9.79 Å². The molecule has 0 aliphatic rings. The third-order valence-corrected chi connectivity index (χ3v) is 3.98. The lowest BCUT2D eigenvalue weighted by molar-refractivity contribution is 0.486. The van der Waals surface area contributed by atoms with Gasteiger partial charge >= 0.3 is 0 Å². The van der Waals surface area contributed by atoms with E-state index in [4.69, 9.17) is 0 Å². The summed E-state index contributed by atoms with van der Waals surface area (Å²) in [4.78, 5) is 30.5. The first kappa shape index (κ1) is 14.9. The molecule has 5 heteroatoms. The van der Waals surface area contributed by atoms with Gasteiger partial charge in [-0.25, -0.2) is 9.59 Å². The maximum absolute atomic E-state index is 10.6. The van der Waals surface area contributed by atoms with E-state index in [9.17, 15) is 9.59 Å². The topological polar surface area (TPSA) is 58.9 Å². The van der Waals surface area contributed by atoms with Gasteiger partial charge in [0.25, 0.3) is 0 Å². The lowest BCUT2D eigenvalue weighted by atomic mass is 10.0. The predicted octanol–water partition coefficient (Wildman–Crippen LogP) is 3.68.